The van der Waals surface area contributed by atoms with E-state index in [0.29, 0.717) is 25.0 Å². The first-order valence-electron chi connectivity index (χ1n) is 6.62. The van der Waals surface area contributed by atoms with E-state index in [4.69, 9.17) is 9.47 Å². The Morgan fingerprint density at radius 2 is 1.74 bits per heavy atom. The van der Waals surface area contributed by atoms with E-state index in [9.17, 15) is 5.11 Å². The quantitative estimate of drug-likeness (QED) is 0.785. The summed E-state index contributed by atoms with van der Waals surface area (Å²) in [7, 11) is 3.43. The van der Waals surface area contributed by atoms with Crippen LogP contribution < -0.4 is 0 Å². The van der Waals surface area contributed by atoms with Crippen LogP contribution in [0.25, 0.3) is 0 Å². The van der Waals surface area contributed by atoms with Gasteiger partial charge in [0.2, 0.25) is 0 Å². The Hall–Kier alpha value is -1.10. The average Bonchev–Trinajstić information content (AvgIpc) is 2.40. The Morgan fingerprint density at radius 1 is 1.11 bits per heavy atom. The van der Waals surface area contributed by atoms with E-state index < -0.39 is 0 Å². The second kappa shape index (κ2) is 8.15. The van der Waals surface area contributed by atoms with Crippen molar-refractivity contribution in [3.8, 4) is 5.75 Å². The third kappa shape index (κ3) is 4.82. The SMILES string of the molecule is COCCN(C(C)COC)C(C)c1ccc(O)cc1. The first kappa shape index (κ1) is 16.0. The molecule has 0 radical (unpaired) electrons. The molecule has 0 aliphatic rings. The summed E-state index contributed by atoms with van der Waals surface area (Å²) in [6.45, 7) is 6.54. The minimum Gasteiger partial charge on any atom is -0.508 e. The molecule has 19 heavy (non-hydrogen) atoms. The summed E-state index contributed by atoms with van der Waals surface area (Å²) in [6.07, 6.45) is 0. The number of ether oxygens (including phenoxy) is 2. The summed E-state index contributed by atoms with van der Waals surface area (Å²) >= 11 is 0. The molecule has 1 aromatic carbocycles. The molecule has 2 unspecified atom stereocenters. The van der Waals surface area contributed by atoms with Crippen LogP contribution >= 0.6 is 0 Å². The van der Waals surface area contributed by atoms with Gasteiger partial charge in [0, 0.05) is 32.8 Å². The lowest BCUT2D eigenvalue weighted by Crippen LogP contribution is -2.40. The van der Waals surface area contributed by atoms with Crippen LogP contribution in [0.1, 0.15) is 25.5 Å². The van der Waals surface area contributed by atoms with Crippen LogP contribution in [0.3, 0.4) is 0 Å². The van der Waals surface area contributed by atoms with E-state index in [-0.39, 0.29) is 6.04 Å². The third-order valence-electron chi connectivity index (χ3n) is 3.40. The minimum absolute atomic E-state index is 0.251. The molecule has 0 bridgehead atoms. The Kier molecular flexibility index (Phi) is 6.84. The van der Waals surface area contributed by atoms with Crippen LogP contribution in [0.2, 0.25) is 0 Å². The predicted molar refractivity (Wildman–Crippen MR) is 76.4 cm³/mol. The van der Waals surface area contributed by atoms with E-state index in [1.807, 2.05) is 12.1 Å². The molecule has 0 spiro atoms. The van der Waals surface area contributed by atoms with Crippen LogP contribution in [0, 0.1) is 0 Å². The molecule has 108 valence electrons. The molecular formula is C15H25NO3. The van der Waals surface area contributed by atoms with Gasteiger partial charge < -0.3 is 14.6 Å². The summed E-state index contributed by atoms with van der Waals surface area (Å²) in [6, 6.07) is 7.92. The highest BCUT2D eigenvalue weighted by molar-refractivity contribution is 5.27. The molecule has 0 heterocycles. The molecule has 0 fully saturated rings. The first-order chi connectivity index (χ1) is 9.10. The van der Waals surface area contributed by atoms with Gasteiger partial charge in [-0.1, -0.05) is 12.1 Å². The standard InChI is InChI=1S/C15H25NO3/c1-12(11-19-4)16(9-10-18-3)13(2)14-5-7-15(17)8-6-14/h5-8,12-13,17H,9-11H2,1-4H3. The normalized spacial score (nSPS) is 14.6. The number of hydrogen-bond donors (Lipinski definition) is 1. The predicted octanol–water partition coefficient (Wildman–Crippen LogP) is 2.44. The Balaban J connectivity index is 2.79. The van der Waals surface area contributed by atoms with E-state index in [2.05, 4.69) is 18.7 Å². The first-order valence-corrected chi connectivity index (χ1v) is 6.62. The maximum atomic E-state index is 9.36. The largest absolute Gasteiger partial charge is 0.508 e. The van der Waals surface area contributed by atoms with Crippen molar-refractivity contribution in [2.24, 2.45) is 0 Å². The number of phenols is 1. The molecule has 0 aromatic heterocycles. The number of phenolic OH excluding ortho intramolecular Hbond substituents is 1. The lowest BCUT2D eigenvalue weighted by atomic mass is 10.1. The van der Waals surface area contributed by atoms with Crippen LogP contribution in [0.15, 0.2) is 24.3 Å². The van der Waals surface area contributed by atoms with Crippen molar-refractivity contribution in [2.75, 3.05) is 34.0 Å². The van der Waals surface area contributed by atoms with Gasteiger partial charge in [-0.3, -0.25) is 4.90 Å². The highest BCUT2D eigenvalue weighted by Gasteiger charge is 2.21. The molecular weight excluding hydrogens is 242 g/mol. The summed E-state index contributed by atoms with van der Waals surface area (Å²) in [5.41, 5.74) is 1.18. The molecule has 4 heteroatoms. The highest BCUT2D eigenvalue weighted by Crippen LogP contribution is 2.24. The second-order valence-corrected chi connectivity index (χ2v) is 4.80. The number of aromatic hydroxyl groups is 1. The molecule has 1 aromatic rings. The van der Waals surface area contributed by atoms with Crippen molar-refractivity contribution < 1.29 is 14.6 Å². The Bertz CT molecular complexity index is 353. The fourth-order valence-corrected chi connectivity index (χ4v) is 2.27. The van der Waals surface area contributed by atoms with Crippen molar-refractivity contribution in [1.29, 1.82) is 0 Å². The van der Waals surface area contributed by atoms with Crippen molar-refractivity contribution in [1.82, 2.24) is 4.90 Å². The second-order valence-electron chi connectivity index (χ2n) is 4.80. The fraction of sp³-hybridized carbons (Fsp3) is 0.600. The van der Waals surface area contributed by atoms with Crippen LogP contribution in [0.5, 0.6) is 5.75 Å². The van der Waals surface area contributed by atoms with E-state index in [1.165, 1.54) is 5.56 Å². The Labute approximate surface area is 115 Å². The van der Waals surface area contributed by atoms with Crippen molar-refractivity contribution in [3.63, 3.8) is 0 Å². The molecule has 1 N–H and O–H groups in total. The maximum absolute atomic E-state index is 9.36. The van der Waals surface area contributed by atoms with Gasteiger partial charge in [-0.2, -0.15) is 0 Å². The number of rotatable bonds is 8. The zero-order valence-corrected chi connectivity index (χ0v) is 12.3. The summed E-state index contributed by atoms with van der Waals surface area (Å²) < 4.78 is 10.4. The zero-order valence-electron chi connectivity index (χ0n) is 12.3. The number of methoxy groups -OCH3 is 2. The van der Waals surface area contributed by atoms with Gasteiger partial charge in [0.05, 0.1) is 13.2 Å². The van der Waals surface area contributed by atoms with E-state index in [0.717, 1.165) is 6.54 Å². The van der Waals surface area contributed by atoms with Gasteiger partial charge in [-0.15, -0.1) is 0 Å². The maximum Gasteiger partial charge on any atom is 0.115 e. The molecule has 0 saturated carbocycles. The number of hydrogen-bond acceptors (Lipinski definition) is 4. The van der Waals surface area contributed by atoms with Crippen molar-refractivity contribution >= 4 is 0 Å². The zero-order chi connectivity index (χ0) is 14.3. The van der Waals surface area contributed by atoms with Gasteiger partial charge in [-0.25, -0.2) is 0 Å². The summed E-state index contributed by atoms with van der Waals surface area (Å²) in [4.78, 5) is 2.35. The van der Waals surface area contributed by atoms with E-state index >= 15 is 0 Å². The van der Waals surface area contributed by atoms with Crippen LogP contribution in [-0.4, -0.2) is 50.0 Å². The lowest BCUT2D eigenvalue weighted by Gasteiger charge is -2.34. The van der Waals surface area contributed by atoms with Crippen molar-refractivity contribution in [3.05, 3.63) is 29.8 Å². The third-order valence-corrected chi connectivity index (χ3v) is 3.40. The molecule has 0 aliphatic heterocycles. The smallest absolute Gasteiger partial charge is 0.115 e. The number of nitrogens with zero attached hydrogens (tertiary/aromatic N) is 1. The van der Waals surface area contributed by atoms with Gasteiger partial charge in [0.25, 0.3) is 0 Å². The van der Waals surface area contributed by atoms with Crippen LogP contribution in [-0.2, 0) is 9.47 Å². The molecule has 0 amide bonds. The highest BCUT2D eigenvalue weighted by atomic mass is 16.5. The average molecular weight is 267 g/mol. The minimum atomic E-state index is 0.251. The van der Waals surface area contributed by atoms with Gasteiger partial charge >= 0.3 is 0 Å². The molecule has 2 atom stereocenters. The van der Waals surface area contributed by atoms with Gasteiger partial charge in [0.15, 0.2) is 0 Å². The molecule has 0 aliphatic carbocycles. The fourth-order valence-electron chi connectivity index (χ4n) is 2.27. The summed E-state index contributed by atoms with van der Waals surface area (Å²) in [5.74, 6) is 0.296. The number of benzene rings is 1. The molecule has 1 rings (SSSR count). The van der Waals surface area contributed by atoms with Gasteiger partial charge in [-0.05, 0) is 31.5 Å². The lowest BCUT2D eigenvalue weighted by molar-refractivity contribution is 0.0514. The monoisotopic (exact) mass is 267 g/mol. The molecule has 4 nitrogen and oxygen atoms in total. The topological polar surface area (TPSA) is 41.9 Å². The van der Waals surface area contributed by atoms with Gasteiger partial charge in [0.1, 0.15) is 5.75 Å². The van der Waals surface area contributed by atoms with Crippen LogP contribution in [0.4, 0.5) is 0 Å². The summed E-state index contributed by atoms with van der Waals surface area (Å²) in [5, 5.41) is 9.36. The molecule has 0 saturated heterocycles. The van der Waals surface area contributed by atoms with E-state index in [1.54, 1.807) is 26.4 Å². The van der Waals surface area contributed by atoms with Crippen molar-refractivity contribution in [2.45, 2.75) is 25.9 Å². The Morgan fingerprint density at radius 3 is 2.26 bits per heavy atom.